The third-order valence-corrected chi connectivity index (χ3v) is 8.25. The summed E-state index contributed by atoms with van der Waals surface area (Å²) in [5.41, 5.74) is 2.30. The number of ether oxygens (including phenoxy) is 4. The Bertz CT molecular complexity index is 1610. The fraction of sp³-hybridized carbons (Fsp3) is 0.211. The Hall–Kier alpha value is -4.90. The van der Waals surface area contributed by atoms with E-state index in [0.717, 1.165) is 22.3 Å². The molecule has 1 aliphatic heterocycles. The summed E-state index contributed by atoms with van der Waals surface area (Å²) in [6.45, 7) is 0.0112. The van der Waals surface area contributed by atoms with Gasteiger partial charge in [0.25, 0.3) is 5.69 Å². The van der Waals surface area contributed by atoms with Crippen molar-refractivity contribution in [2.24, 2.45) is 0 Å². The lowest BCUT2D eigenvalue weighted by molar-refractivity contribution is -0.384. The number of benzene rings is 5. The topological polar surface area (TPSA) is 121 Å². The standard InChI is InChI=1S/C38H35NO8/c40-34-33(26-45-38(28-15-7-2-8-16-28,29-17-9-3-10-18-29)30-19-11-4-12-20-30)47-37(41)36(35(34)44-25-27-13-5-1-6-14-27)46-32-23-21-31(22-24-32)39(42)43/h1-24,33-37,40-41H,25-26H2/t33-,34+,35+,36-,37-/m1/s1. The van der Waals surface area contributed by atoms with Crippen molar-refractivity contribution in [3.63, 3.8) is 0 Å². The molecule has 47 heavy (non-hydrogen) atoms. The lowest BCUT2D eigenvalue weighted by Gasteiger charge is -2.44. The molecule has 0 saturated carbocycles. The maximum Gasteiger partial charge on any atom is 0.269 e. The van der Waals surface area contributed by atoms with Gasteiger partial charge in [-0.3, -0.25) is 10.1 Å². The minimum Gasteiger partial charge on any atom is -0.482 e. The van der Waals surface area contributed by atoms with E-state index in [1.807, 2.05) is 121 Å². The quantitative estimate of drug-likeness (QED) is 0.0974. The maximum atomic E-state index is 11.8. The first kappa shape index (κ1) is 32.1. The van der Waals surface area contributed by atoms with Crippen molar-refractivity contribution in [1.82, 2.24) is 0 Å². The second kappa shape index (κ2) is 14.7. The Morgan fingerprint density at radius 1 is 0.681 bits per heavy atom. The summed E-state index contributed by atoms with van der Waals surface area (Å²) in [5.74, 6) is 0.245. The van der Waals surface area contributed by atoms with Gasteiger partial charge in [0.1, 0.15) is 29.7 Å². The second-order valence-electron chi connectivity index (χ2n) is 11.2. The van der Waals surface area contributed by atoms with Gasteiger partial charge in [-0.05, 0) is 34.4 Å². The van der Waals surface area contributed by atoms with Crippen LogP contribution in [0.1, 0.15) is 22.3 Å². The van der Waals surface area contributed by atoms with Crippen LogP contribution in [0.25, 0.3) is 0 Å². The first-order valence-corrected chi connectivity index (χ1v) is 15.3. The van der Waals surface area contributed by atoms with Gasteiger partial charge in [0.15, 0.2) is 12.4 Å². The molecule has 5 aromatic carbocycles. The van der Waals surface area contributed by atoms with Crippen LogP contribution in [0.5, 0.6) is 5.75 Å². The zero-order valence-electron chi connectivity index (χ0n) is 25.4. The van der Waals surface area contributed by atoms with Crippen molar-refractivity contribution in [3.05, 3.63) is 178 Å². The van der Waals surface area contributed by atoms with Crippen molar-refractivity contribution in [2.45, 2.75) is 42.9 Å². The minimum absolute atomic E-state index is 0.106. The van der Waals surface area contributed by atoms with Crippen molar-refractivity contribution < 1.29 is 34.1 Å². The lowest BCUT2D eigenvalue weighted by Crippen LogP contribution is -2.61. The van der Waals surface area contributed by atoms with Crippen molar-refractivity contribution in [2.75, 3.05) is 6.61 Å². The third-order valence-electron chi connectivity index (χ3n) is 8.25. The Kier molecular flexibility index (Phi) is 10.0. The van der Waals surface area contributed by atoms with Crippen LogP contribution in [0.2, 0.25) is 0 Å². The molecule has 5 aromatic rings. The fourth-order valence-electron chi connectivity index (χ4n) is 5.91. The normalized spacial score (nSPS) is 21.2. The molecular formula is C38H35NO8. The summed E-state index contributed by atoms with van der Waals surface area (Å²) in [7, 11) is 0. The molecule has 0 aliphatic carbocycles. The van der Waals surface area contributed by atoms with Crippen LogP contribution in [0, 0.1) is 10.1 Å². The monoisotopic (exact) mass is 633 g/mol. The van der Waals surface area contributed by atoms with E-state index in [9.17, 15) is 20.3 Å². The summed E-state index contributed by atoms with van der Waals surface area (Å²) < 4.78 is 25.2. The zero-order valence-corrected chi connectivity index (χ0v) is 25.4. The molecule has 1 aliphatic rings. The average molecular weight is 634 g/mol. The van der Waals surface area contributed by atoms with Crippen LogP contribution in [0.3, 0.4) is 0 Å². The van der Waals surface area contributed by atoms with Gasteiger partial charge < -0.3 is 29.2 Å². The fourth-order valence-corrected chi connectivity index (χ4v) is 5.91. The van der Waals surface area contributed by atoms with Crippen LogP contribution in [-0.2, 0) is 26.4 Å². The molecule has 1 fully saturated rings. The maximum absolute atomic E-state index is 11.8. The highest BCUT2D eigenvalue weighted by Crippen LogP contribution is 2.41. The smallest absolute Gasteiger partial charge is 0.269 e. The van der Waals surface area contributed by atoms with Crippen molar-refractivity contribution in [1.29, 1.82) is 0 Å². The summed E-state index contributed by atoms with van der Waals surface area (Å²) in [6.07, 6.45) is -6.04. The van der Waals surface area contributed by atoms with Gasteiger partial charge in [-0.1, -0.05) is 121 Å². The first-order valence-electron chi connectivity index (χ1n) is 15.3. The molecule has 0 bridgehead atoms. The molecule has 0 spiro atoms. The summed E-state index contributed by atoms with van der Waals surface area (Å²) in [4.78, 5) is 10.6. The van der Waals surface area contributed by atoms with Crippen LogP contribution < -0.4 is 4.74 Å². The molecule has 9 heteroatoms. The van der Waals surface area contributed by atoms with E-state index in [-0.39, 0.29) is 24.7 Å². The molecule has 0 radical (unpaired) electrons. The SMILES string of the molecule is O=[N+]([O-])c1ccc(O[C@@H]2[C@@H](OCc3ccccc3)[C@@H](O)[C@@H](COC(c3ccccc3)(c3ccccc3)c3ccccc3)O[C@H]2O)cc1. The van der Waals surface area contributed by atoms with E-state index in [1.165, 1.54) is 24.3 Å². The Balaban J connectivity index is 1.31. The molecular weight excluding hydrogens is 598 g/mol. The van der Waals surface area contributed by atoms with Crippen LogP contribution in [-0.4, -0.2) is 52.4 Å². The number of nitrogens with zero attached hydrogens (tertiary/aromatic N) is 1. The lowest BCUT2D eigenvalue weighted by atomic mass is 9.80. The molecule has 0 aromatic heterocycles. The number of hydrogen-bond acceptors (Lipinski definition) is 8. The molecule has 0 unspecified atom stereocenters. The van der Waals surface area contributed by atoms with E-state index in [2.05, 4.69) is 0 Å². The van der Waals surface area contributed by atoms with Crippen molar-refractivity contribution >= 4 is 5.69 Å². The van der Waals surface area contributed by atoms with Crippen LogP contribution in [0.4, 0.5) is 5.69 Å². The average Bonchev–Trinajstić information content (AvgIpc) is 3.12. The molecule has 1 heterocycles. The predicted molar refractivity (Wildman–Crippen MR) is 175 cm³/mol. The Morgan fingerprint density at radius 2 is 1.17 bits per heavy atom. The van der Waals surface area contributed by atoms with E-state index in [0.29, 0.717) is 0 Å². The van der Waals surface area contributed by atoms with E-state index < -0.39 is 41.2 Å². The van der Waals surface area contributed by atoms with Gasteiger partial charge in [0, 0.05) is 12.1 Å². The van der Waals surface area contributed by atoms with Crippen molar-refractivity contribution in [3.8, 4) is 5.75 Å². The molecule has 6 rings (SSSR count). The van der Waals surface area contributed by atoms with Gasteiger partial charge in [-0.25, -0.2) is 0 Å². The number of rotatable bonds is 12. The van der Waals surface area contributed by atoms with Gasteiger partial charge >= 0.3 is 0 Å². The minimum atomic E-state index is -1.53. The van der Waals surface area contributed by atoms with E-state index in [1.54, 1.807) is 0 Å². The first-order chi connectivity index (χ1) is 23.0. The summed E-state index contributed by atoms with van der Waals surface area (Å²) >= 11 is 0. The Labute approximate surface area is 272 Å². The third kappa shape index (κ3) is 7.10. The summed E-state index contributed by atoms with van der Waals surface area (Å²) in [6, 6.07) is 44.3. The molecule has 9 nitrogen and oxygen atoms in total. The molecule has 1 saturated heterocycles. The van der Waals surface area contributed by atoms with Gasteiger partial charge in [0.2, 0.25) is 0 Å². The van der Waals surface area contributed by atoms with Gasteiger partial charge in [0.05, 0.1) is 18.1 Å². The number of aliphatic hydroxyl groups is 2. The highest BCUT2D eigenvalue weighted by atomic mass is 16.7. The number of non-ortho nitro benzene ring substituents is 1. The van der Waals surface area contributed by atoms with Crippen LogP contribution in [0.15, 0.2) is 146 Å². The second-order valence-corrected chi connectivity index (χ2v) is 11.2. The van der Waals surface area contributed by atoms with E-state index >= 15 is 0 Å². The molecule has 240 valence electrons. The molecule has 2 N–H and O–H groups in total. The number of aliphatic hydroxyl groups excluding tert-OH is 2. The number of nitro benzene ring substituents is 1. The highest BCUT2D eigenvalue weighted by molar-refractivity contribution is 5.47. The number of nitro groups is 1. The Morgan fingerprint density at radius 3 is 1.66 bits per heavy atom. The zero-order chi connectivity index (χ0) is 32.6. The highest BCUT2D eigenvalue weighted by Gasteiger charge is 2.49. The summed E-state index contributed by atoms with van der Waals surface area (Å²) in [5, 5.41) is 34.2. The largest absolute Gasteiger partial charge is 0.482 e. The van der Waals surface area contributed by atoms with Gasteiger partial charge in [-0.2, -0.15) is 0 Å². The van der Waals surface area contributed by atoms with Crippen LogP contribution >= 0.6 is 0 Å². The molecule has 0 amide bonds. The molecule has 5 atom stereocenters. The predicted octanol–water partition coefficient (Wildman–Crippen LogP) is 6.01. The van der Waals surface area contributed by atoms with Gasteiger partial charge in [-0.15, -0.1) is 0 Å². The van der Waals surface area contributed by atoms with E-state index in [4.69, 9.17) is 18.9 Å². The number of hydrogen-bond donors (Lipinski definition) is 2.